The fourth-order valence-electron chi connectivity index (χ4n) is 1.34. The number of methoxy groups -OCH3 is 1. The van der Waals surface area contributed by atoms with Crippen LogP contribution in [-0.2, 0) is 11.2 Å². The highest BCUT2D eigenvalue weighted by atomic mass is 20.0. The summed E-state index contributed by atoms with van der Waals surface area (Å²) in [7, 11) is 1.65. The summed E-state index contributed by atoms with van der Waals surface area (Å²) in [4.78, 5) is 10.8. The molecule has 0 aliphatic heterocycles. The zero-order valence-corrected chi connectivity index (χ0v) is 12.0. The molecule has 1 aromatic rings. The molecular formula is C11H14F10O2. The Morgan fingerprint density at radius 3 is 1.57 bits per heavy atom. The zero-order valence-electron chi connectivity index (χ0n) is 12.0. The van der Waals surface area contributed by atoms with Gasteiger partial charge >= 0.3 is 0 Å². The molecule has 1 rings (SSSR count). The SMILES string of the molecule is COc1ccc(CC(C)=O)cc1C.FF.FF.FF.FF.FF. The van der Waals surface area contributed by atoms with Crippen LogP contribution in [0.25, 0.3) is 0 Å². The lowest BCUT2D eigenvalue weighted by Gasteiger charge is -2.05. The second-order valence-corrected chi connectivity index (χ2v) is 3.18. The summed E-state index contributed by atoms with van der Waals surface area (Å²) in [6.45, 7) is 3.57. The maximum atomic E-state index is 10.8. The Hall–Kier alpha value is -2.01. The second-order valence-electron chi connectivity index (χ2n) is 3.18. The maximum Gasteiger partial charge on any atom is 0.134 e. The standard InChI is InChI=1S/C11H14O2.5F2/c1-8-6-10(7-9(2)12)4-5-11(8)13-3;5*1-2/h4-6H,7H2,1-3H3;;;;;. The van der Waals surface area contributed by atoms with Crippen molar-refractivity contribution in [2.75, 3.05) is 7.11 Å². The molecule has 1 aromatic carbocycles. The molecule has 0 aromatic heterocycles. The molecule has 0 heterocycles. The molecule has 23 heavy (non-hydrogen) atoms. The van der Waals surface area contributed by atoms with Crippen molar-refractivity contribution in [3.63, 3.8) is 0 Å². The number of ketones is 1. The Balaban J connectivity index is -0.0000000923. The van der Waals surface area contributed by atoms with Crippen LogP contribution in [0.2, 0.25) is 0 Å². The summed E-state index contributed by atoms with van der Waals surface area (Å²) < 4.78 is 85.1. The van der Waals surface area contributed by atoms with E-state index in [0.29, 0.717) is 6.42 Å². The molecule has 0 unspecified atom stereocenters. The number of ether oxygens (including phenoxy) is 1. The van der Waals surface area contributed by atoms with E-state index in [0.717, 1.165) is 16.9 Å². The average Bonchev–Trinajstić information content (AvgIpc) is 2.63. The van der Waals surface area contributed by atoms with Crippen LogP contribution in [0.15, 0.2) is 18.2 Å². The van der Waals surface area contributed by atoms with Crippen molar-refractivity contribution in [1.29, 1.82) is 0 Å². The lowest BCUT2D eigenvalue weighted by atomic mass is 10.1. The number of halogens is 10. The van der Waals surface area contributed by atoms with Crippen LogP contribution in [0.1, 0.15) is 18.1 Å². The fourth-order valence-corrected chi connectivity index (χ4v) is 1.34. The molecule has 140 valence electrons. The van der Waals surface area contributed by atoms with E-state index in [2.05, 4.69) is 0 Å². The molecule has 0 atom stereocenters. The lowest BCUT2D eigenvalue weighted by molar-refractivity contribution is -0.116. The van der Waals surface area contributed by atoms with E-state index in [1.54, 1.807) is 14.0 Å². The summed E-state index contributed by atoms with van der Waals surface area (Å²) in [5.74, 6) is 1.05. The van der Waals surface area contributed by atoms with Gasteiger partial charge in [0.05, 0.1) is 7.11 Å². The monoisotopic (exact) mass is 368 g/mol. The minimum Gasteiger partial charge on any atom is -0.496 e. The van der Waals surface area contributed by atoms with Crippen molar-refractivity contribution in [3.05, 3.63) is 29.3 Å². The van der Waals surface area contributed by atoms with E-state index < -0.39 is 0 Å². The first-order valence-electron chi connectivity index (χ1n) is 4.98. The Morgan fingerprint density at radius 1 is 0.913 bits per heavy atom. The number of aryl methyl sites for hydroxylation is 1. The van der Waals surface area contributed by atoms with Crippen LogP contribution in [0.5, 0.6) is 5.75 Å². The molecule has 0 aliphatic carbocycles. The van der Waals surface area contributed by atoms with Gasteiger partial charge in [-0.1, -0.05) is 12.1 Å². The van der Waals surface area contributed by atoms with Crippen molar-refractivity contribution >= 4 is 5.78 Å². The van der Waals surface area contributed by atoms with E-state index >= 15 is 0 Å². The van der Waals surface area contributed by atoms with Gasteiger partial charge in [0.15, 0.2) is 0 Å². The van der Waals surface area contributed by atoms with E-state index in [1.807, 2.05) is 25.1 Å². The number of Topliss-reactive ketones (excluding diaryl/α,β-unsaturated/α-hetero) is 1. The third-order valence-electron chi connectivity index (χ3n) is 1.91. The smallest absolute Gasteiger partial charge is 0.134 e. The molecule has 0 bridgehead atoms. The fraction of sp³-hybridized carbons (Fsp3) is 0.364. The Kier molecular flexibility index (Phi) is 45.8. The molecule has 0 saturated carbocycles. The third kappa shape index (κ3) is 22.4. The lowest BCUT2D eigenvalue weighted by Crippen LogP contribution is -1.97. The van der Waals surface area contributed by atoms with Gasteiger partial charge in [0.1, 0.15) is 11.5 Å². The van der Waals surface area contributed by atoms with E-state index in [-0.39, 0.29) is 5.78 Å². The summed E-state index contributed by atoms with van der Waals surface area (Å²) in [5, 5.41) is 0. The topological polar surface area (TPSA) is 26.3 Å². The molecular weight excluding hydrogens is 354 g/mol. The molecule has 12 heteroatoms. The van der Waals surface area contributed by atoms with Crippen LogP contribution in [-0.4, -0.2) is 12.9 Å². The van der Waals surface area contributed by atoms with Gasteiger partial charge in [-0.2, -0.15) is 0 Å². The average molecular weight is 368 g/mol. The van der Waals surface area contributed by atoms with Gasteiger partial charge in [-0.15, -0.1) is 0 Å². The van der Waals surface area contributed by atoms with Crippen LogP contribution in [0, 0.1) is 6.92 Å². The largest absolute Gasteiger partial charge is 0.496 e. The Labute approximate surface area is 125 Å². The predicted octanol–water partition coefficient (Wildman–Crippen LogP) is 6.34. The highest BCUT2D eigenvalue weighted by Gasteiger charge is 2.01. The Morgan fingerprint density at radius 2 is 1.30 bits per heavy atom. The van der Waals surface area contributed by atoms with Crippen LogP contribution in [0.4, 0.5) is 45.7 Å². The predicted molar refractivity (Wildman–Crippen MR) is 63.2 cm³/mol. The third-order valence-corrected chi connectivity index (χ3v) is 1.91. The second kappa shape index (κ2) is 32.1. The molecule has 0 N–H and O–H groups in total. The van der Waals surface area contributed by atoms with Gasteiger partial charge in [-0.3, -0.25) is 4.79 Å². The number of rotatable bonds is 3. The van der Waals surface area contributed by atoms with E-state index in [1.165, 1.54) is 0 Å². The summed E-state index contributed by atoms with van der Waals surface area (Å²) >= 11 is 0. The maximum absolute atomic E-state index is 10.8. The van der Waals surface area contributed by atoms with Crippen LogP contribution >= 0.6 is 0 Å². The first-order chi connectivity index (χ1) is 11.1. The first kappa shape index (κ1) is 32.8. The number of hydrogen-bond donors (Lipinski definition) is 0. The molecule has 0 fully saturated rings. The van der Waals surface area contributed by atoms with Crippen molar-refractivity contribution in [1.82, 2.24) is 0 Å². The van der Waals surface area contributed by atoms with Gasteiger partial charge in [0.25, 0.3) is 0 Å². The van der Waals surface area contributed by atoms with Crippen molar-refractivity contribution < 1.29 is 55.3 Å². The van der Waals surface area contributed by atoms with Gasteiger partial charge in [-0.05, 0) is 31.0 Å². The molecule has 0 saturated heterocycles. The van der Waals surface area contributed by atoms with Gasteiger partial charge < -0.3 is 4.74 Å². The van der Waals surface area contributed by atoms with Crippen LogP contribution in [0.3, 0.4) is 0 Å². The normalized spacial score (nSPS) is 6.83. The molecule has 0 amide bonds. The molecule has 0 spiro atoms. The van der Waals surface area contributed by atoms with Gasteiger partial charge in [0, 0.05) is 52.2 Å². The van der Waals surface area contributed by atoms with Crippen molar-refractivity contribution in [2.24, 2.45) is 0 Å². The number of carbonyl (C=O) groups is 1. The quantitative estimate of drug-likeness (QED) is 0.582. The highest BCUT2D eigenvalue weighted by Crippen LogP contribution is 2.18. The highest BCUT2D eigenvalue weighted by molar-refractivity contribution is 5.78. The Bertz CT molecular complexity index is 339. The van der Waals surface area contributed by atoms with Gasteiger partial charge in [0.2, 0.25) is 0 Å². The van der Waals surface area contributed by atoms with E-state index in [4.69, 9.17) is 50.5 Å². The van der Waals surface area contributed by atoms with Gasteiger partial charge in [-0.25, -0.2) is 0 Å². The summed E-state index contributed by atoms with van der Waals surface area (Å²) in [5.41, 5.74) is 2.12. The summed E-state index contributed by atoms with van der Waals surface area (Å²) in [6.07, 6.45) is 0.505. The molecule has 0 aliphatic rings. The minimum atomic E-state index is 0.185. The van der Waals surface area contributed by atoms with Crippen LogP contribution < -0.4 is 4.74 Å². The number of benzene rings is 1. The van der Waals surface area contributed by atoms with Crippen molar-refractivity contribution in [3.8, 4) is 5.75 Å². The minimum absolute atomic E-state index is 0.185. The summed E-state index contributed by atoms with van der Waals surface area (Å²) in [6, 6.07) is 5.81. The first-order valence-corrected chi connectivity index (χ1v) is 4.98. The van der Waals surface area contributed by atoms with Crippen molar-refractivity contribution in [2.45, 2.75) is 20.3 Å². The zero-order chi connectivity index (χ0) is 19.8. The number of carbonyl (C=O) groups excluding carboxylic acids is 1. The molecule has 2 nitrogen and oxygen atoms in total. The molecule has 0 radical (unpaired) electrons. The number of hydrogen-bond acceptors (Lipinski definition) is 2. The van der Waals surface area contributed by atoms with E-state index in [9.17, 15) is 4.79 Å².